The van der Waals surface area contributed by atoms with Crippen LogP contribution in [0, 0.1) is 5.82 Å². The molecule has 0 aliphatic heterocycles. The lowest BCUT2D eigenvalue weighted by Gasteiger charge is -2.14. The Morgan fingerprint density at radius 2 is 1.96 bits per heavy atom. The molecule has 0 saturated heterocycles. The molecule has 0 radical (unpaired) electrons. The molecule has 4 N–H and O–H groups in total. The summed E-state index contributed by atoms with van der Waals surface area (Å²) in [6, 6.07) is 8.97. The average molecular weight is 527 g/mol. The van der Waals surface area contributed by atoms with Gasteiger partial charge in [-0.3, -0.25) is 4.79 Å². The first-order valence-corrected chi connectivity index (χ1v) is 9.18. The van der Waals surface area contributed by atoms with E-state index in [1.165, 1.54) is 35.6 Å². The maximum atomic E-state index is 12.9. The van der Waals surface area contributed by atoms with Gasteiger partial charge < -0.3 is 21.1 Å². The number of rotatable bonds is 7. The number of halogens is 3. The Kier molecular flexibility index (Phi) is 10.6. The average Bonchev–Trinajstić information content (AvgIpc) is 3.05. The first-order chi connectivity index (χ1) is 12.5. The summed E-state index contributed by atoms with van der Waals surface area (Å²) in [6.07, 6.45) is -0.732. The van der Waals surface area contributed by atoms with E-state index in [2.05, 4.69) is 20.9 Å². The molecule has 27 heavy (non-hydrogen) atoms. The fourth-order valence-corrected chi connectivity index (χ4v) is 3.07. The number of amides is 1. The number of benzene rings is 1. The van der Waals surface area contributed by atoms with E-state index in [0.29, 0.717) is 22.5 Å². The molecule has 148 valence electrons. The SMILES string of the molecule is CCNC(=NCC(=O)Nc1ccc(F)cc1)NCC(O)c1ccc(Cl)s1.I. The summed E-state index contributed by atoms with van der Waals surface area (Å²) in [5.74, 6) is -0.298. The van der Waals surface area contributed by atoms with E-state index in [1.807, 2.05) is 6.92 Å². The van der Waals surface area contributed by atoms with E-state index in [9.17, 15) is 14.3 Å². The minimum absolute atomic E-state index is 0. The van der Waals surface area contributed by atoms with Crippen LogP contribution >= 0.6 is 46.9 Å². The molecular weight excluding hydrogens is 506 g/mol. The number of thiophene rings is 1. The Labute approximate surface area is 183 Å². The number of carbonyl (C=O) groups excluding carboxylic acids is 1. The van der Waals surface area contributed by atoms with Crippen LogP contribution in [0.25, 0.3) is 0 Å². The maximum Gasteiger partial charge on any atom is 0.246 e. The van der Waals surface area contributed by atoms with Crippen molar-refractivity contribution in [1.82, 2.24) is 10.6 Å². The van der Waals surface area contributed by atoms with Gasteiger partial charge in [-0.25, -0.2) is 9.38 Å². The van der Waals surface area contributed by atoms with Gasteiger partial charge in [-0.2, -0.15) is 0 Å². The van der Waals surface area contributed by atoms with Gasteiger partial charge in [-0.1, -0.05) is 11.6 Å². The summed E-state index contributed by atoms with van der Waals surface area (Å²) in [5, 5.41) is 18.7. The molecule has 10 heteroatoms. The lowest BCUT2D eigenvalue weighted by atomic mass is 10.3. The Bertz CT molecular complexity index is 758. The highest BCUT2D eigenvalue weighted by Gasteiger charge is 2.11. The number of aliphatic hydroxyl groups is 1. The van der Waals surface area contributed by atoms with Crippen LogP contribution in [0.15, 0.2) is 41.4 Å². The number of nitrogens with one attached hydrogen (secondary N) is 3. The van der Waals surface area contributed by atoms with Gasteiger partial charge in [-0.15, -0.1) is 35.3 Å². The third-order valence-corrected chi connectivity index (χ3v) is 4.57. The van der Waals surface area contributed by atoms with Crippen LogP contribution in [0.1, 0.15) is 17.9 Å². The van der Waals surface area contributed by atoms with E-state index in [1.54, 1.807) is 12.1 Å². The lowest BCUT2D eigenvalue weighted by Crippen LogP contribution is -2.40. The summed E-state index contributed by atoms with van der Waals surface area (Å²) in [7, 11) is 0. The summed E-state index contributed by atoms with van der Waals surface area (Å²) >= 11 is 7.17. The van der Waals surface area contributed by atoms with E-state index in [4.69, 9.17) is 11.6 Å². The van der Waals surface area contributed by atoms with Crippen molar-refractivity contribution in [3.63, 3.8) is 0 Å². The molecule has 1 unspecified atom stereocenters. The van der Waals surface area contributed by atoms with Gasteiger partial charge in [0.15, 0.2) is 5.96 Å². The van der Waals surface area contributed by atoms with Crippen molar-refractivity contribution in [2.75, 3.05) is 25.0 Å². The van der Waals surface area contributed by atoms with Gasteiger partial charge in [0.1, 0.15) is 18.5 Å². The molecule has 2 aromatic rings. The van der Waals surface area contributed by atoms with E-state index >= 15 is 0 Å². The molecular formula is C17H21ClFIN4O2S. The van der Waals surface area contributed by atoms with Gasteiger partial charge in [0.2, 0.25) is 5.91 Å². The zero-order valence-electron chi connectivity index (χ0n) is 14.5. The smallest absolute Gasteiger partial charge is 0.246 e. The second-order valence-corrected chi connectivity index (χ2v) is 7.04. The predicted octanol–water partition coefficient (Wildman–Crippen LogP) is 3.39. The van der Waals surface area contributed by atoms with Crippen molar-refractivity contribution >= 4 is 64.5 Å². The number of guanidine groups is 1. The van der Waals surface area contributed by atoms with Crippen molar-refractivity contribution in [3.05, 3.63) is 51.4 Å². The lowest BCUT2D eigenvalue weighted by molar-refractivity contribution is -0.114. The molecule has 1 heterocycles. The molecule has 0 aliphatic carbocycles. The Hall–Kier alpha value is -1.43. The monoisotopic (exact) mass is 526 g/mol. The number of nitrogens with zero attached hydrogens (tertiary/aromatic N) is 1. The number of anilines is 1. The van der Waals surface area contributed by atoms with Gasteiger partial charge in [0, 0.05) is 23.7 Å². The molecule has 0 bridgehead atoms. The van der Waals surface area contributed by atoms with Gasteiger partial charge in [-0.05, 0) is 43.3 Å². The largest absolute Gasteiger partial charge is 0.386 e. The first kappa shape index (κ1) is 23.6. The van der Waals surface area contributed by atoms with Crippen LogP contribution in [0.3, 0.4) is 0 Å². The standard InChI is InChI=1S/C17H20ClFN4O2S.HI/c1-2-20-17(21-9-13(24)14-7-8-15(18)26-14)22-10-16(25)23-12-5-3-11(19)4-6-12;/h3-8,13,24H,2,9-10H2,1H3,(H,23,25)(H2,20,21,22);1H. The van der Waals surface area contributed by atoms with Crippen molar-refractivity contribution in [2.24, 2.45) is 4.99 Å². The Balaban J connectivity index is 0.00000364. The van der Waals surface area contributed by atoms with Crippen LogP contribution in [0.5, 0.6) is 0 Å². The molecule has 1 aromatic heterocycles. The Morgan fingerprint density at radius 3 is 2.56 bits per heavy atom. The molecule has 0 saturated carbocycles. The van der Waals surface area contributed by atoms with Gasteiger partial charge in [0.25, 0.3) is 0 Å². The third kappa shape index (κ3) is 8.41. The second kappa shape index (κ2) is 12.1. The number of hydrogen-bond donors (Lipinski definition) is 4. The number of carbonyl (C=O) groups is 1. The van der Waals surface area contributed by atoms with Crippen molar-refractivity contribution < 1.29 is 14.3 Å². The summed E-state index contributed by atoms with van der Waals surface area (Å²) in [6.45, 7) is 2.60. The van der Waals surface area contributed by atoms with Gasteiger partial charge >= 0.3 is 0 Å². The third-order valence-electron chi connectivity index (χ3n) is 3.24. The highest BCUT2D eigenvalue weighted by Crippen LogP contribution is 2.26. The molecule has 1 aromatic carbocycles. The van der Waals surface area contributed by atoms with E-state index < -0.39 is 6.10 Å². The molecule has 6 nitrogen and oxygen atoms in total. The second-order valence-electron chi connectivity index (χ2n) is 5.29. The normalized spacial score (nSPS) is 12.1. The molecule has 0 fully saturated rings. The summed E-state index contributed by atoms with van der Waals surface area (Å²) in [4.78, 5) is 16.9. The van der Waals surface area contributed by atoms with Gasteiger partial charge in [0.05, 0.1) is 4.34 Å². The zero-order valence-corrected chi connectivity index (χ0v) is 18.4. The fourth-order valence-electron chi connectivity index (χ4n) is 2.03. The van der Waals surface area contributed by atoms with Crippen molar-refractivity contribution in [1.29, 1.82) is 0 Å². The van der Waals surface area contributed by atoms with E-state index in [0.717, 1.165) is 4.88 Å². The minimum Gasteiger partial charge on any atom is -0.386 e. The number of hydrogen-bond acceptors (Lipinski definition) is 4. The van der Waals surface area contributed by atoms with Crippen LogP contribution in [-0.2, 0) is 4.79 Å². The molecule has 2 rings (SSSR count). The van der Waals surface area contributed by atoms with Crippen LogP contribution in [-0.4, -0.2) is 36.6 Å². The maximum absolute atomic E-state index is 12.9. The summed E-state index contributed by atoms with van der Waals surface area (Å²) < 4.78 is 13.5. The quantitative estimate of drug-likeness (QED) is 0.253. The zero-order chi connectivity index (χ0) is 18.9. The van der Waals surface area contributed by atoms with Crippen LogP contribution in [0.2, 0.25) is 4.34 Å². The molecule has 1 amide bonds. The van der Waals surface area contributed by atoms with Crippen LogP contribution < -0.4 is 16.0 Å². The highest BCUT2D eigenvalue weighted by molar-refractivity contribution is 14.0. The van der Waals surface area contributed by atoms with Crippen molar-refractivity contribution in [2.45, 2.75) is 13.0 Å². The molecule has 0 aliphatic rings. The van der Waals surface area contributed by atoms with E-state index in [-0.39, 0.29) is 48.8 Å². The number of aliphatic hydroxyl groups excluding tert-OH is 1. The van der Waals surface area contributed by atoms with Crippen LogP contribution in [0.4, 0.5) is 10.1 Å². The summed E-state index contributed by atoms with van der Waals surface area (Å²) in [5.41, 5.74) is 0.495. The minimum atomic E-state index is -0.732. The molecule has 1 atom stereocenters. The number of aliphatic imine (C=N–C) groups is 1. The van der Waals surface area contributed by atoms with Crippen molar-refractivity contribution in [3.8, 4) is 0 Å². The highest BCUT2D eigenvalue weighted by atomic mass is 127. The fraction of sp³-hybridized carbons (Fsp3) is 0.294. The first-order valence-electron chi connectivity index (χ1n) is 7.99. The predicted molar refractivity (Wildman–Crippen MR) is 119 cm³/mol. The topological polar surface area (TPSA) is 85.8 Å². The Morgan fingerprint density at radius 1 is 1.26 bits per heavy atom. The molecule has 0 spiro atoms.